The molecule has 152 valence electrons. The van der Waals surface area contributed by atoms with Crippen molar-refractivity contribution in [3.63, 3.8) is 0 Å². The van der Waals surface area contributed by atoms with Gasteiger partial charge in [-0.15, -0.1) is 0 Å². The number of urea groups is 1. The first-order valence-corrected chi connectivity index (χ1v) is 9.93. The van der Waals surface area contributed by atoms with E-state index in [4.69, 9.17) is 9.47 Å². The maximum Gasteiger partial charge on any atom is 0.338 e. The number of carbonyl (C=O) groups excluding carboxylic acids is 2. The topological polar surface area (TPSA) is 76.7 Å². The van der Waals surface area contributed by atoms with Crippen LogP contribution in [0, 0.1) is 0 Å². The van der Waals surface area contributed by atoms with Gasteiger partial charge in [-0.25, -0.2) is 9.59 Å². The third kappa shape index (κ3) is 5.16. The SMILES string of the molecule is CCCCC1=C(C(=O)OCC)C(c2ccc(Oc3ccccc3)cc2)NC(=O)N1. The van der Waals surface area contributed by atoms with Crippen LogP contribution in [0.3, 0.4) is 0 Å². The Hall–Kier alpha value is -3.28. The van der Waals surface area contributed by atoms with Gasteiger partial charge < -0.3 is 20.1 Å². The van der Waals surface area contributed by atoms with Gasteiger partial charge in [-0.05, 0) is 49.6 Å². The molecule has 0 bridgehead atoms. The summed E-state index contributed by atoms with van der Waals surface area (Å²) in [5, 5.41) is 5.64. The van der Waals surface area contributed by atoms with Gasteiger partial charge in [-0.1, -0.05) is 43.7 Å². The fraction of sp³-hybridized carbons (Fsp3) is 0.304. The van der Waals surface area contributed by atoms with E-state index < -0.39 is 12.0 Å². The number of benzene rings is 2. The molecular formula is C23H26N2O4. The van der Waals surface area contributed by atoms with E-state index in [-0.39, 0.29) is 12.6 Å². The summed E-state index contributed by atoms with van der Waals surface area (Å²) in [5.74, 6) is 0.998. The lowest BCUT2D eigenvalue weighted by molar-refractivity contribution is -0.139. The van der Waals surface area contributed by atoms with E-state index in [1.807, 2.05) is 54.6 Å². The Labute approximate surface area is 170 Å². The number of unbranched alkanes of at least 4 members (excludes halogenated alkanes) is 1. The molecule has 1 aliphatic heterocycles. The van der Waals surface area contributed by atoms with Crippen LogP contribution in [-0.4, -0.2) is 18.6 Å². The summed E-state index contributed by atoms with van der Waals surface area (Å²) in [5.41, 5.74) is 1.87. The van der Waals surface area contributed by atoms with Crippen LogP contribution in [0.1, 0.15) is 44.7 Å². The normalized spacial score (nSPS) is 16.1. The number of allylic oxidation sites excluding steroid dienone is 1. The minimum Gasteiger partial charge on any atom is -0.463 e. The summed E-state index contributed by atoms with van der Waals surface area (Å²) in [4.78, 5) is 24.9. The number of rotatable bonds is 8. The van der Waals surface area contributed by atoms with Crippen molar-refractivity contribution in [2.75, 3.05) is 6.61 Å². The Bertz CT molecular complexity index is 876. The monoisotopic (exact) mass is 394 g/mol. The molecule has 1 aliphatic rings. The minimum atomic E-state index is -0.569. The molecule has 0 spiro atoms. The highest BCUT2D eigenvalue weighted by Crippen LogP contribution is 2.31. The quantitative estimate of drug-likeness (QED) is 0.628. The molecule has 1 atom stereocenters. The van der Waals surface area contributed by atoms with Gasteiger partial charge in [0.15, 0.2) is 0 Å². The number of nitrogens with one attached hydrogen (secondary N) is 2. The Balaban J connectivity index is 1.89. The van der Waals surface area contributed by atoms with E-state index in [2.05, 4.69) is 17.6 Å². The second-order valence-corrected chi connectivity index (χ2v) is 6.73. The number of ether oxygens (including phenoxy) is 2. The van der Waals surface area contributed by atoms with Crippen molar-refractivity contribution in [2.24, 2.45) is 0 Å². The number of hydrogen-bond donors (Lipinski definition) is 2. The third-order valence-electron chi connectivity index (χ3n) is 4.62. The number of para-hydroxylation sites is 1. The zero-order valence-electron chi connectivity index (χ0n) is 16.7. The van der Waals surface area contributed by atoms with Crippen molar-refractivity contribution in [1.29, 1.82) is 0 Å². The van der Waals surface area contributed by atoms with Gasteiger partial charge in [-0.3, -0.25) is 0 Å². The van der Waals surface area contributed by atoms with Gasteiger partial charge in [-0.2, -0.15) is 0 Å². The molecule has 0 fully saturated rings. The number of hydrogen-bond acceptors (Lipinski definition) is 4. The van der Waals surface area contributed by atoms with Crippen molar-refractivity contribution in [3.05, 3.63) is 71.4 Å². The smallest absolute Gasteiger partial charge is 0.338 e. The molecule has 29 heavy (non-hydrogen) atoms. The maximum atomic E-state index is 12.7. The standard InChI is InChI=1S/C23H26N2O4/c1-3-5-11-19-20(22(26)28-4-2)21(25-23(27)24-19)16-12-14-18(15-13-16)29-17-9-7-6-8-10-17/h6-10,12-15,21H,3-5,11H2,1-2H3,(H2,24,25,27). The van der Waals surface area contributed by atoms with Gasteiger partial charge in [0, 0.05) is 5.70 Å². The van der Waals surface area contributed by atoms with Gasteiger partial charge >= 0.3 is 12.0 Å². The fourth-order valence-electron chi connectivity index (χ4n) is 3.22. The van der Waals surface area contributed by atoms with Crippen molar-refractivity contribution < 1.29 is 19.1 Å². The lowest BCUT2D eigenvalue weighted by Crippen LogP contribution is -2.46. The lowest BCUT2D eigenvalue weighted by Gasteiger charge is -2.29. The van der Waals surface area contributed by atoms with Gasteiger partial charge in [0.25, 0.3) is 0 Å². The Kier molecular flexibility index (Phi) is 6.89. The number of carbonyl (C=O) groups is 2. The van der Waals surface area contributed by atoms with Crippen LogP contribution in [0.15, 0.2) is 65.9 Å². The summed E-state index contributed by atoms with van der Waals surface area (Å²) in [6.07, 6.45) is 2.44. The lowest BCUT2D eigenvalue weighted by atomic mass is 9.93. The summed E-state index contributed by atoms with van der Waals surface area (Å²) >= 11 is 0. The summed E-state index contributed by atoms with van der Waals surface area (Å²) in [6, 6.07) is 16.0. The molecule has 6 heteroatoms. The van der Waals surface area contributed by atoms with Gasteiger partial charge in [0.05, 0.1) is 18.2 Å². The molecule has 2 N–H and O–H groups in total. The second-order valence-electron chi connectivity index (χ2n) is 6.73. The highest BCUT2D eigenvalue weighted by Gasteiger charge is 2.33. The van der Waals surface area contributed by atoms with E-state index in [1.165, 1.54) is 0 Å². The highest BCUT2D eigenvalue weighted by molar-refractivity contribution is 5.95. The van der Waals surface area contributed by atoms with Crippen LogP contribution >= 0.6 is 0 Å². The zero-order valence-corrected chi connectivity index (χ0v) is 16.7. The third-order valence-corrected chi connectivity index (χ3v) is 4.62. The van der Waals surface area contributed by atoms with Gasteiger partial charge in [0.2, 0.25) is 0 Å². The van der Waals surface area contributed by atoms with E-state index in [0.717, 1.165) is 24.2 Å². The Morgan fingerprint density at radius 2 is 1.69 bits per heavy atom. The average molecular weight is 394 g/mol. The van der Waals surface area contributed by atoms with Crippen molar-refractivity contribution >= 4 is 12.0 Å². The maximum absolute atomic E-state index is 12.7. The largest absolute Gasteiger partial charge is 0.463 e. The molecule has 2 aromatic rings. The number of amides is 2. The first-order valence-electron chi connectivity index (χ1n) is 9.93. The van der Waals surface area contributed by atoms with E-state index in [9.17, 15) is 9.59 Å². The van der Waals surface area contributed by atoms with E-state index in [0.29, 0.717) is 23.4 Å². The molecule has 1 unspecified atom stereocenters. The predicted molar refractivity (Wildman–Crippen MR) is 111 cm³/mol. The van der Waals surface area contributed by atoms with E-state index in [1.54, 1.807) is 6.92 Å². The summed E-state index contributed by atoms with van der Waals surface area (Å²) in [7, 11) is 0. The molecule has 6 nitrogen and oxygen atoms in total. The van der Waals surface area contributed by atoms with Crippen LogP contribution in [0.2, 0.25) is 0 Å². The molecular weight excluding hydrogens is 368 g/mol. The van der Waals surface area contributed by atoms with Crippen molar-refractivity contribution in [1.82, 2.24) is 10.6 Å². The van der Waals surface area contributed by atoms with Crippen LogP contribution < -0.4 is 15.4 Å². The molecule has 3 rings (SSSR count). The van der Waals surface area contributed by atoms with E-state index >= 15 is 0 Å². The predicted octanol–water partition coefficient (Wildman–Crippen LogP) is 4.84. The summed E-state index contributed by atoms with van der Waals surface area (Å²) in [6.45, 7) is 4.11. The van der Waals surface area contributed by atoms with Crippen LogP contribution in [0.4, 0.5) is 4.79 Å². The summed E-state index contributed by atoms with van der Waals surface area (Å²) < 4.78 is 11.1. The molecule has 0 saturated heterocycles. The fourth-order valence-corrected chi connectivity index (χ4v) is 3.22. The van der Waals surface area contributed by atoms with Crippen molar-refractivity contribution in [3.8, 4) is 11.5 Å². The Morgan fingerprint density at radius 3 is 2.34 bits per heavy atom. The zero-order chi connectivity index (χ0) is 20.6. The molecule has 1 heterocycles. The minimum absolute atomic E-state index is 0.272. The molecule has 2 aromatic carbocycles. The molecule has 2 amide bonds. The second kappa shape index (κ2) is 9.78. The first kappa shape index (κ1) is 20.5. The highest BCUT2D eigenvalue weighted by atomic mass is 16.5. The van der Waals surface area contributed by atoms with Crippen molar-refractivity contribution in [2.45, 2.75) is 39.2 Å². The van der Waals surface area contributed by atoms with Crippen LogP contribution in [-0.2, 0) is 9.53 Å². The van der Waals surface area contributed by atoms with Crippen LogP contribution in [0.25, 0.3) is 0 Å². The molecule has 0 aliphatic carbocycles. The Morgan fingerprint density at radius 1 is 1.00 bits per heavy atom. The molecule has 0 radical (unpaired) electrons. The molecule has 0 saturated carbocycles. The van der Waals surface area contributed by atoms with Crippen LogP contribution in [0.5, 0.6) is 11.5 Å². The number of esters is 1. The first-order chi connectivity index (χ1) is 14.1. The average Bonchev–Trinajstić information content (AvgIpc) is 2.73. The molecule has 0 aromatic heterocycles. The van der Waals surface area contributed by atoms with Gasteiger partial charge in [0.1, 0.15) is 11.5 Å².